The van der Waals surface area contributed by atoms with Gasteiger partial charge in [-0.25, -0.2) is 4.79 Å². The molecule has 1 spiro atoms. The zero-order valence-corrected chi connectivity index (χ0v) is 17.1. The minimum atomic E-state index is -4.78. The lowest BCUT2D eigenvalue weighted by atomic mass is 9.72. The Kier molecular flexibility index (Phi) is 5.12. The number of esters is 1. The van der Waals surface area contributed by atoms with Crippen molar-refractivity contribution in [2.45, 2.75) is 50.0 Å². The van der Waals surface area contributed by atoms with Gasteiger partial charge in [-0.15, -0.1) is 0 Å². The van der Waals surface area contributed by atoms with Crippen molar-refractivity contribution in [3.63, 3.8) is 0 Å². The highest BCUT2D eigenvalue weighted by Crippen LogP contribution is 2.49. The molecule has 0 saturated heterocycles. The van der Waals surface area contributed by atoms with Crippen molar-refractivity contribution in [2.24, 2.45) is 0 Å². The van der Waals surface area contributed by atoms with Crippen molar-refractivity contribution in [3.05, 3.63) is 64.7 Å². The number of carbonyl (C=O) groups is 3. The van der Waals surface area contributed by atoms with Gasteiger partial charge in [0, 0.05) is 16.8 Å². The molecule has 1 saturated carbocycles. The van der Waals surface area contributed by atoms with Gasteiger partial charge >= 0.3 is 12.1 Å². The average Bonchev–Trinajstić information content (AvgIpc) is 3.02. The molecular formula is C23H20F3NO5. The fourth-order valence-corrected chi connectivity index (χ4v) is 4.42. The summed E-state index contributed by atoms with van der Waals surface area (Å²) >= 11 is 0. The van der Waals surface area contributed by atoms with Crippen molar-refractivity contribution in [3.8, 4) is 0 Å². The topological polar surface area (TPSA) is 92.7 Å². The van der Waals surface area contributed by atoms with Crippen LogP contribution in [0.2, 0.25) is 0 Å². The number of halogens is 3. The quantitative estimate of drug-likeness (QED) is 0.543. The van der Waals surface area contributed by atoms with Gasteiger partial charge in [0.2, 0.25) is 0 Å². The van der Waals surface area contributed by atoms with Gasteiger partial charge in [0.05, 0.1) is 11.1 Å². The van der Waals surface area contributed by atoms with Crippen LogP contribution in [0.4, 0.5) is 18.9 Å². The number of carbonyl (C=O) groups excluding carboxylic acids is 3. The molecule has 0 unspecified atom stereocenters. The van der Waals surface area contributed by atoms with Gasteiger partial charge in [0.15, 0.2) is 5.78 Å². The van der Waals surface area contributed by atoms with Crippen molar-refractivity contribution in [1.29, 1.82) is 0 Å². The standard InChI is InChI=1S/C23H20F3NO5/c1-13(28)15-7-6-14(12-18(15)23(24,25)26)27-20(30)21(31)8-10-22(11-9-21)17-5-3-2-4-16(17)19(29)32-22/h2-7,12,31H,8-11H2,1H3,(H,27,30). The first kappa shape index (κ1) is 22.0. The Balaban J connectivity index is 1.52. The molecule has 0 aromatic heterocycles. The maximum absolute atomic E-state index is 13.3. The van der Waals surface area contributed by atoms with E-state index >= 15 is 0 Å². The molecule has 4 rings (SSSR count). The maximum atomic E-state index is 13.3. The molecule has 1 amide bonds. The van der Waals surface area contributed by atoms with Gasteiger partial charge in [-0.1, -0.05) is 18.2 Å². The van der Waals surface area contributed by atoms with Crippen LogP contribution in [0, 0.1) is 0 Å². The lowest BCUT2D eigenvalue weighted by molar-refractivity contribution is -0.144. The number of rotatable bonds is 3. The van der Waals surface area contributed by atoms with E-state index in [4.69, 9.17) is 4.74 Å². The largest absolute Gasteiger partial charge is 0.451 e. The lowest BCUT2D eigenvalue weighted by Crippen LogP contribution is -2.49. The molecule has 1 aliphatic heterocycles. The van der Waals surface area contributed by atoms with E-state index in [1.165, 1.54) is 6.07 Å². The SMILES string of the molecule is CC(=O)c1ccc(NC(=O)C2(O)CCC3(CC2)OC(=O)c2ccccc23)cc1C(F)(F)F. The number of ketones is 1. The monoisotopic (exact) mass is 447 g/mol. The second-order valence-electron chi connectivity index (χ2n) is 8.23. The summed E-state index contributed by atoms with van der Waals surface area (Å²) in [5, 5.41) is 13.2. The number of ether oxygens (including phenoxy) is 1. The molecule has 168 valence electrons. The molecule has 1 aliphatic carbocycles. The summed E-state index contributed by atoms with van der Waals surface area (Å²) in [6.45, 7) is 1.03. The van der Waals surface area contributed by atoms with Crippen molar-refractivity contribution in [2.75, 3.05) is 5.32 Å². The fourth-order valence-electron chi connectivity index (χ4n) is 4.42. The van der Waals surface area contributed by atoms with E-state index in [0.29, 0.717) is 17.2 Å². The smallest absolute Gasteiger partial charge is 0.417 e. The molecule has 1 heterocycles. The molecule has 9 heteroatoms. The number of amides is 1. The average molecular weight is 447 g/mol. The van der Waals surface area contributed by atoms with Crippen LogP contribution in [-0.2, 0) is 21.3 Å². The summed E-state index contributed by atoms with van der Waals surface area (Å²) in [4.78, 5) is 36.5. The molecule has 2 aromatic rings. The van der Waals surface area contributed by atoms with Gasteiger partial charge in [0.25, 0.3) is 5.91 Å². The Labute approximate surface area is 181 Å². The Morgan fingerprint density at radius 3 is 2.34 bits per heavy atom. The van der Waals surface area contributed by atoms with Crippen LogP contribution in [0.1, 0.15) is 64.4 Å². The van der Waals surface area contributed by atoms with Crippen LogP contribution in [-0.4, -0.2) is 28.4 Å². The van der Waals surface area contributed by atoms with Gasteiger partial charge in [-0.2, -0.15) is 13.2 Å². The summed E-state index contributed by atoms with van der Waals surface area (Å²) in [6, 6.07) is 9.79. The second-order valence-corrected chi connectivity index (χ2v) is 8.23. The van der Waals surface area contributed by atoms with E-state index in [9.17, 15) is 32.7 Å². The maximum Gasteiger partial charge on any atom is 0.417 e. The van der Waals surface area contributed by atoms with Gasteiger partial charge in [0.1, 0.15) is 11.2 Å². The molecule has 0 atom stereocenters. The third-order valence-corrected chi connectivity index (χ3v) is 6.20. The van der Waals surface area contributed by atoms with Crippen LogP contribution >= 0.6 is 0 Å². The number of alkyl halides is 3. The first-order valence-electron chi connectivity index (χ1n) is 10.0. The molecule has 6 nitrogen and oxygen atoms in total. The van der Waals surface area contributed by atoms with E-state index in [-0.39, 0.29) is 31.4 Å². The number of hydrogen-bond donors (Lipinski definition) is 2. The zero-order valence-electron chi connectivity index (χ0n) is 17.1. The number of benzene rings is 2. The zero-order chi connectivity index (χ0) is 23.3. The van der Waals surface area contributed by atoms with Crippen LogP contribution in [0.3, 0.4) is 0 Å². The summed E-state index contributed by atoms with van der Waals surface area (Å²) < 4.78 is 45.6. The van der Waals surface area contributed by atoms with Crippen molar-refractivity contribution >= 4 is 23.3 Å². The number of Topliss-reactive ketones (excluding diaryl/α,β-unsaturated/α-hetero) is 1. The molecule has 32 heavy (non-hydrogen) atoms. The minimum Gasteiger partial charge on any atom is -0.451 e. The lowest BCUT2D eigenvalue weighted by Gasteiger charge is -2.40. The Morgan fingerprint density at radius 2 is 1.72 bits per heavy atom. The fraction of sp³-hybridized carbons (Fsp3) is 0.348. The molecule has 2 aromatic carbocycles. The highest BCUT2D eigenvalue weighted by molar-refractivity contribution is 6.00. The Hall–Kier alpha value is -3.20. The first-order valence-corrected chi connectivity index (χ1v) is 10.0. The third kappa shape index (κ3) is 3.66. The number of nitrogens with one attached hydrogen (secondary N) is 1. The highest BCUT2D eigenvalue weighted by atomic mass is 19.4. The van der Waals surface area contributed by atoms with Gasteiger partial charge < -0.3 is 15.2 Å². The summed E-state index contributed by atoms with van der Waals surface area (Å²) in [6.07, 6.45) is -4.49. The van der Waals surface area contributed by atoms with Crippen LogP contribution < -0.4 is 5.32 Å². The van der Waals surface area contributed by atoms with Crippen molar-refractivity contribution < 1.29 is 37.4 Å². The molecular weight excluding hydrogens is 427 g/mol. The summed E-state index contributed by atoms with van der Waals surface area (Å²) in [5.41, 5.74) is -3.45. The van der Waals surface area contributed by atoms with E-state index in [2.05, 4.69) is 5.32 Å². The minimum absolute atomic E-state index is 0.0435. The van der Waals surface area contributed by atoms with E-state index < -0.39 is 46.2 Å². The van der Waals surface area contributed by atoms with Crippen LogP contribution in [0.25, 0.3) is 0 Å². The van der Waals surface area contributed by atoms with Gasteiger partial charge in [-0.05, 0) is 56.9 Å². The molecule has 0 bridgehead atoms. The highest BCUT2D eigenvalue weighted by Gasteiger charge is 2.52. The number of hydrogen-bond acceptors (Lipinski definition) is 5. The second kappa shape index (κ2) is 7.44. The van der Waals surface area contributed by atoms with Crippen molar-refractivity contribution in [1.82, 2.24) is 0 Å². The predicted octanol–water partition coefficient (Wildman–Crippen LogP) is 4.22. The van der Waals surface area contributed by atoms with Gasteiger partial charge in [-0.3, -0.25) is 9.59 Å². The number of fused-ring (bicyclic) bond motifs is 2. The summed E-state index contributed by atoms with van der Waals surface area (Å²) in [7, 11) is 0. The Bertz CT molecular complexity index is 1120. The Morgan fingerprint density at radius 1 is 1.06 bits per heavy atom. The summed E-state index contributed by atoms with van der Waals surface area (Å²) in [5.74, 6) is -2.06. The molecule has 0 radical (unpaired) electrons. The van der Waals surface area contributed by atoms with E-state index in [1.54, 1.807) is 24.3 Å². The normalized spacial score (nSPS) is 24.7. The number of anilines is 1. The molecule has 2 aliphatic rings. The van der Waals surface area contributed by atoms with E-state index in [0.717, 1.165) is 13.0 Å². The molecule has 1 fully saturated rings. The first-order chi connectivity index (χ1) is 15.0. The third-order valence-electron chi connectivity index (χ3n) is 6.20. The molecule has 2 N–H and O–H groups in total. The van der Waals surface area contributed by atoms with E-state index in [1.807, 2.05) is 0 Å². The van der Waals surface area contributed by atoms with Crippen LogP contribution in [0.15, 0.2) is 42.5 Å². The predicted molar refractivity (Wildman–Crippen MR) is 107 cm³/mol. The van der Waals surface area contributed by atoms with Crippen LogP contribution in [0.5, 0.6) is 0 Å². The number of aliphatic hydroxyl groups is 1.